The van der Waals surface area contributed by atoms with E-state index in [0.29, 0.717) is 30.1 Å². The van der Waals surface area contributed by atoms with Crippen LogP contribution >= 0.6 is 0 Å². The summed E-state index contributed by atoms with van der Waals surface area (Å²) in [5.41, 5.74) is 2.73. The van der Waals surface area contributed by atoms with Crippen LogP contribution in [-0.4, -0.2) is 68.2 Å². The third-order valence-electron chi connectivity index (χ3n) is 6.62. The molecule has 2 aliphatic rings. The number of halogens is 2. The third kappa shape index (κ3) is 4.32. The van der Waals surface area contributed by atoms with Gasteiger partial charge in [-0.1, -0.05) is 0 Å². The molecular formula is C23H27F2N7O2. The van der Waals surface area contributed by atoms with Crippen molar-refractivity contribution in [2.75, 3.05) is 43.0 Å². The summed E-state index contributed by atoms with van der Waals surface area (Å²) in [7, 11) is 1.75. The molecule has 1 fully saturated rings. The molecule has 2 aliphatic heterocycles. The summed E-state index contributed by atoms with van der Waals surface area (Å²) < 4.78 is 28.9. The molecular weight excluding hydrogens is 444 g/mol. The monoisotopic (exact) mass is 471 g/mol. The average molecular weight is 472 g/mol. The Labute approximate surface area is 195 Å². The molecule has 3 aromatic rings. The minimum atomic E-state index is -2.65. The van der Waals surface area contributed by atoms with Crippen LogP contribution in [0.25, 0.3) is 10.9 Å². The SMILES string of the molecule is Cn1c2c(cc(Nc3ncc4ccnc(N5CCC(F)(F)CC5)c4n3)c1=O)CN(CCO)CC2. The Morgan fingerprint density at radius 2 is 2.00 bits per heavy atom. The number of aromatic nitrogens is 4. The van der Waals surface area contributed by atoms with Crippen LogP contribution in [0.1, 0.15) is 24.1 Å². The van der Waals surface area contributed by atoms with Gasteiger partial charge in [-0.3, -0.25) is 9.69 Å². The number of aliphatic hydroxyl groups excluding tert-OH is 1. The lowest BCUT2D eigenvalue weighted by atomic mass is 10.0. The lowest BCUT2D eigenvalue weighted by molar-refractivity contribution is -0.0221. The summed E-state index contributed by atoms with van der Waals surface area (Å²) in [6.45, 7) is 2.49. The molecule has 0 aliphatic carbocycles. The van der Waals surface area contributed by atoms with Gasteiger partial charge in [0.1, 0.15) is 11.2 Å². The van der Waals surface area contributed by atoms with Gasteiger partial charge in [0.2, 0.25) is 5.95 Å². The highest BCUT2D eigenvalue weighted by Crippen LogP contribution is 2.32. The molecule has 0 spiro atoms. The topological polar surface area (TPSA) is 99.4 Å². The maximum absolute atomic E-state index is 13.6. The average Bonchev–Trinajstić information content (AvgIpc) is 2.82. The third-order valence-corrected chi connectivity index (χ3v) is 6.62. The maximum Gasteiger partial charge on any atom is 0.274 e. The van der Waals surface area contributed by atoms with Gasteiger partial charge in [-0.05, 0) is 17.7 Å². The van der Waals surface area contributed by atoms with Crippen LogP contribution in [0.4, 0.5) is 26.2 Å². The summed E-state index contributed by atoms with van der Waals surface area (Å²) in [6, 6.07) is 3.60. The van der Waals surface area contributed by atoms with Gasteiger partial charge in [-0.25, -0.2) is 23.7 Å². The summed E-state index contributed by atoms with van der Waals surface area (Å²) in [5, 5.41) is 13.1. The van der Waals surface area contributed by atoms with Gasteiger partial charge < -0.3 is 19.9 Å². The van der Waals surface area contributed by atoms with Gasteiger partial charge in [0.15, 0.2) is 5.82 Å². The number of β-amino-alcohol motifs (C(OH)–C–C–N with tert-alkyl or cyclic N) is 1. The number of hydrogen-bond donors (Lipinski definition) is 2. The number of aliphatic hydroxyl groups is 1. The Kier molecular flexibility index (Phi) is 5.90. The predicted molar refractivity (Wildman–Crippen MR) is 125 cm³/mol. The van der Waals surface area contributed by atoms with Gasteiger partial charge in [0.25, 0.3) is 11.5 Å². The van der Waals surface area contributed by atoms with E-state index in [9.17, 15) is 18.7 Å². The van der Waals surface area contributed by atoms with Crippen LogP contribution in [0.2, 0.25) is 0 Å². The van der Waals surface area contributed by atoms with Crippen molar-refractivity contribution in [1.82, 2.24) is 24.4 Å². The highest BCUT2D eigenvalue weighted by Gasteiger charge is 2.35. The van der Waals surface area contributed by atoms with Crippen molar-refractivity contribution in [2.24, 2.45) is 7.05 Å². The molecule has 9 nitrogen and oxygen atoms in total. The predicted octanol–water partition coefficient (Wildman–Crippen LogP) is 2.05. The van der Waals surface area contributed by atoms with Crippen molar-refractivity contribution in [3.05, 3.63) is 46.1 Å². The Morgan fingerprint density at radius 1 is 1.21 bits per heavy atom. The number of hydrogen-bond acceptors (Lipinski definition) is 8. The normalized spacial score (nSPS) is 18.2. The number of fused-ring (bicyclic) bond motifs is 2. The van der Waals surface area contributed by atoms with Crippen molar-refractivity contribution in [3.8, 4) is 0 Å². The first-order valence-electron chi connectivity index (χ1n) is 11.4. The van der Waals surface area contributed by atoms with E-state index in [0.717, 1.165) is 29.6 Å². The molecule has 0 unspecified atom stereocenters. The molecule has 2 N–H and O–H groups in total. The maximum atomic E-state index is 13.6. The van der Waals surface area contributed by atoms with Crippen molar-refractivity contribution in [3.63, 3.8) is 0 Å². The van der Waals surface area contributed by atoms with E-state index in [2.05, 4.69) is 25.2 Å². The number of nitrogens with one attached hydrogen (secondary N) is 1. The number of rotatable bonds is 5. The molecule has 5 heterocycles. The molecule has 3 aromatic heterocycles. The standard InChI is InChI=1S/C23H27F2N7O2/c1-30-18-3-7-31(10-11-33)14-16(18)12-17(21(30)34)28-22-27-13-15-2-6-26-20(19(15)29-22)32-8-4-23(24,25)5-9-32/h2,6,12-13,33H,3-5,7-11,14H2,1H3,(H,27,28,29). The Hall–Kier alpha value is -3.18. The number of piperidine rings is 1. The first kappa shape index (κ1) is 22.6. The summed E-state index contributed by atoms with van der Waals surface area (Å²) >= 11 is 0. The first-order valence-corrected chi connectivity index (χ1v) is 11.4. The van der Waals surface area contributed by atoms with E-state index in [1.54, 1.807) is 30.1 Å². The molecule has 11 heteroatoms. The molecule has 1 saturated heterocycles. The number of anilines is 3. The van der Waals surface area contributed by atoms with Gasteiger partial charge in [-0.15, -0.1) is 0 Å². The highest BCUT2D eigenvalue weighted by atomic mass is 19.3. The van der Waals surface area contributed by atoms with Crippen LogP contribution in [0.3, 0.4) is 0 Å². The summed E-state index contributed by atoms with van der Waals surface area (Å²) in [6.07, 6.45) is 3.55. The Bertz CT molecular complexity index is 1270. The number of pyridine rings is 2. The Morgan fingerprint density at radius 3 is 2.76 bits per heavy atom. The fraction of sp³-hybridized carbons (Fsp3) is 0.478. The second kappa shape index (κ2) is 8.88. The fourth-order valence-electron chi connectivity index (χ4n) is 4.71. The van der Waals surface area contributed by atoms with Crippen LogP contribution in [0, 0.1) is 0 Å². The van der Waals surface area contributed by atoms with Crippen LogP contribution < -0.4 is 15.8 Å². The second-order valence-electron chi connectivity index (χ2n) is 8.88. The molecule has 5 rings (SSSR count). The van der Waals surface area contributed by atoms with Gasteiger partial charge in [0.05, 0.1) is 6.61 Å². The van der Waals surface area contributed by atoms with E-state index in [1.807, 2.05) is 11.0 Å². The molecule has 34 heavy (non-hydrogen) atoms. The Balaban J connectivity index is 1.46. The second-order valence-corrected chi connectivity index (χ2v) is 8.88. The van der Waals surface area contributed by atoms with Crippen LogP contribution in [0.5, 0.6) is 0 Å². The largest absolute Gasteiger partial charge is 0.395 e. The summed E-state index contributed by atoms with van der Waals surface area (Å²) in [4.78, 5) is 30.3. The number of nitrogens with zero attached hydrogens (tertiary/aromatic N) is 6. The van der Waals surface area contributed by atoms with Crippen molar-refractivity contribution in [1.29, 1.82) is 0 Å². The minimum Gasteiger partial charge on any atom is -0.395 e. The lowest BCUT2D eigenvalue weighted by Crippen LogP contribution is -2.39. The minimum absolute atomic E-state index is 0.0855. The smallest absolute Gasteiger partial charge is 0.274 e. The molecule has 0 atom stereocenters. The fourth-order valence-corrected chi connectivity index (χ4v) is 4.71. The molecule has 0 amide bonds. The summed E-state index contributed by atoms with van der Waals surface area (Å²) in [5.74, 6) is -1.87. The van der Waals surface area contributed by atoms with E-state index >= 15 is 0 Å². The zero-order valence-corrected chi connectivity index (χ0v) is 19.0. The first-order chi connectivity index (χ1) is 16.3. The van der Waals surface area contributed by atoms with Gasteiger partial charge in [0, 0.05) is 82.5 Å². The van der Waals surface area contributed by atoms with Crippen LogP contribution in [0.15, 0.2) is 29.3 Å². The van der Waals surface area contributed by atoms with Gasteiger partial charge >= 0.3 is 0 Å². The lowest BCUT2D eigenvalue weighted by Gasteiger charge is -2.32. The molecule has 0 saturated carbocycles. The quantitative estimate of drug-likeness (QED) is 0.584. The highest BCUT2D eigenvalue weighted by molar-refractivity contribution is 5.89. The molecule has 180 valence electrons. The van der Waals surface area contributed by atoms with E-state index in [4.69, 9.17) is 0 Å². The zero-order valence-electron chi connectivity index (χ0n) is 19.0. The van der Waals surface area contributed by atoms with E-state index < -0.39 is 5.92 Å². The zero-order chi connectivity index (χ0) is 23.9. The van der Waals surface area contributed by atoms with Gasteiger partial charge in [-0.2, -0.15) is 0 Å². The molecule has 0 bridgehead atoms. The molecule has 0 aromatic carbocycles. The number of alkyl halides is 2. The van der Waals surface area contributed by atoms with Crippen LogP contribution in [-0.2, 0) is 20.0 Å². The van der Waals surface area contributed by atoms with Crippen molar-refractivity contribution in [2.45, 2.75) is 31.7 Å². The molecule has 0 radical (unpaired) electrons. The van der Waals surface area contributed by atoms with Crippen molar-refractivity contribution >= 4 is 28.4 Å². The van der Waals surface area contributed by atoms with E-state index in [-0.39, 0.29) is 44.0 Å². The van der Waals surface area contributed by atoms with E-state index in [1.165, 1.54) is 0 Å². The van der Waals surface area contributed by atoms with Crippen molar-refractivity contribution < 1.29 is 13.9 Å².